The van der Waals surface area contributed by atoms with Crippen molar-refractivity contribution in [3.05, 3.63) is 11.6 Å². The minimum Gasteiger partial charge on any atom is -0.458 e. The fourth-order valence-electron chi connectivity index (χ4n) is 8.82. The smallest absolute Gasteiger partial charge is 0.331 e. The van der Waals surface area contributed by atoms with Gasteiger partial charge in [0.1, 0.15) is 12.2 Å². The van der Waals surface area contributed by atoms with Crippen molar-refractivity contribution in [1.29, 1.82) is 0 Å². The minimum absolute atomic E-state index is 0.0388. The lowest BCUT2D eigenvalue weighted by Gasteiger charge is -2.61. The summed E-state index contributed by atoms with van der Waals surface area (Å²) in [5.74, 6) is 2.35. The second-order valence-electron chi connectivity index (χ2n) is 10.9. The van der Waals surface area contributed by atoms with Gasteiger partial charge in [-0.15, -0.1) is 0 Å². The van der Waals surface area contributed by atoms with E-state index in [0.717, 1.165) is 25.2 Å². The number of hydrogen-bond donors (Lipinski definition) is 1. The minimum atomic E-state index is -0.161. The van der Waals surface area contributed by atoms with Crippen LogP contribution in [0.25, 0.3) is 0 Å². The zero-order chi connectivity index (χ0) is 18.6. The molecule has 2 aliphatic heterocycles. The number of aliphatic hydroxyl groups is 1. The molecule has 0 radical (unpaired) electrons. The van der Waals surface area contributed by atoms with Crippen LogP contribution in [0.15, 0.2) is 11.6 Å². The number of ether oxygens (including phenoxy) is 2. The van der Waals surface area contributed by atoms with Gasteiger partial charge in [0.25, 0.3) is 0 Å². The summed E-state index contributed by atoms with van der Waals surface area (Å²) in [5.41, 5.74) is 1.78. The molecule has 6 rings (SSSR count). The Labute approximate surface area is 161 Å². The number of rotatable bonds is 1. The standard InChI is InChI=1S/C23H32O4/c1-21-7-5-15(24)10-14(21)3-4-17-16(21)6-8-22(2)18(11-19-23(17,22)27-19)13-9-20(25)26-12-13/h9,14-19,24H,3-8,10-12H2,1-2H3. The first-order valence-corrected chi connectivity index (χ1v) is 11.1. The number of carbonyl (C=O) groups is 1. The topological polar surface area (TPSA) is 59.1 Å². The average molecular weight is 373 g/mol. The fourth-order valence-corrected chi connectivity index (χ4v) is 8.82. The van der Waals surface area contributed by atoms with Gasteiger partial charge in [-0.2, -0.15) is 0 Å². The molecule has 0 aromatic heterocycles. The molecule has 9 atom stereocenters. The molecule has 1 saturated heterocycles. The fraction of sp³-hybridized carbons (Fsp3) is 0.870. The van der Waals surface area contributed by atoms with Gasteiger partial charge in [-0.25, -0.2) is 4.79 Å². The molecule has 0 amide bonds. The summed E-state index contributed by atoms with van der Waals surface area (Å²) in [6, 6.07) is 0. The molecule has 27 heavy (non-hydrogen) atoms. The molecule has 4 saturated carbocycles. The maximum absolute atomic E-state index is 11.7. The highest BCUT2D eigenvalue weighted by molar-refractivity contribution is 5.85. The Hall–Kier alpha value is -0.870. The van der Waals surface area contributed by atoms with Crippen molar-refractivity contribution in [2.24, 2.45) is 34.5 Å². The predicted octanol–water partition coefficient (Wildman–Crippen LogP) is 3.62. The van der Waals surface area contributed by atoms with E-state index in [4.69, 9.17) is 9.47 Å². The van der Waals surface area contributed by atoms with E-state index in [9.17, 15) is 9.90 Å². The van der Waals surface area contributed by atoms with E-state index in [2.05, 4.69) is 13.8 Å². The number of cyclic esters (lactones) is 1. The third kappa shape index (κ3) is 1.95. The van der Waals surface area contributed by atoms with Gasteiger partial charge in [-0.05, 0) is 86.0 Å². The van der Waals surface area contributed by atoms with Gasteiger partial charge in [0.2, 0.25) is 0 Å². The number of carbonyl (C=O) groups excluding carboxylic acids is 1. The highest BCUT2D eigenvalue weighted by atomic mass is 16.6. The predicted molar refractivity (Wildman–Crippen MR) is 99.8 cm³/mol. The van der Waals surface area contributed by atoms with Crippen molar-refractivity contribution in [3.8, 4) is 0 Å². The lowest BCUT2D eigenvalue weighted by Crippen LogP contribution is -2.58. The second-order valence-corrected chi connectivity index (χ2v) is 10.9. The largest absolute Gasteiger partial charge is 0.458 e. The highest BCUT2D eigenvalue weighted by Crippen LogP contribution is 2.77. The molecular formula is C23H32O4. The zero-order valence-corrected chi connectivity index (χ0v) is 16.6. The van der Waals surface area contributed by atoms with Crippen LogP contribution in [0.5, 0.6) is 0 Å². The third-order valence-corrected chi connectivity index (χ3v) is 10.2. The van der Waals surface area contributed by atoms with Crippen molar-refractivity contribution in [1.82, 2.24) is 0 Å². The van der Waals surface area contributed by atoms with E-state index in [-0.39, 0.29) is 23.1 Å². The van der Waals surface area contributed by atoms with Crippen LogP contribution in [0.3, 0.4) is 0 Å². The van der Waals surface area contributed by atoms with E-state index >= 15 is 0 Å². The van der Waals surface area contributed by atoms with Crippen LogP contribution in [0.2, 0.25) is 0 Å². The molecule has 0 aromatic rings. The van der Waals surface area contributed by atoms with Gasteiger partial charge < -0.3 is 14.6 Å². The first kappa shape index (κ1) is 17.0. The maximum atomic E-state index is 11.7. The highest BCUT2D eigenvalue weighted by Gasteiger charge is 2.80. The lowest BCUT2D eigenvalue weighted by atomic mass is 9.44. The molecule has 0 bridgehead atoms. The zero-order valence-electron chi connectivity index (χ0n) is 16.6. The Morgan fingerprint density at radius 1 is 1.07 bits per heavy atom. The van der Waals surface area contributed by atoms with Gasteiger partial charge in [-0.1, -0.05) is 13.8 Å². The first-order chi connectivity index (χ1) is 12.9. The van der Waals surface area contributed by atoms with Crippen LogP contribution in [0.1, 0.15) is 65.2 Å². The van der Waals surface area contributed by atoms with E-state index < -0.39 is 0 Å². The summed E-state index contributed by atoms with van der Waals surface area (Å²) in [4.78, 5) is 11.7. The molecule has 4 aliphatic carbocycles. The Kier molecular flexibility index (Phi) is 3.27. The van der Waals surface area contributed by atoms with Gasteiger partial charge in [0.15, 0.2) is 0 Å². The summed E-state index contributed by atoms with van der Waals surface area (Å²) in [6.45, 7) is 5.47. The SMILES string of the molecule is CC12CCC(O)CC1CCC1C2CCC2(C)C(C3=CC(=O)OC3)CC3OC312. The molecule has 4 heteroatoms. The van der Waals surface area contributed by atoms with Gasteiger partial charge in [-0.3, -0.25) is 0 Å². The van der Waals surface area contributed by atoms with Crippen LogP contribution >= 0.6 is 0 Å². The van der Waals surface area contributed by atoms with Crippen molar-refractivity contribution in [2.45, 2.75) is 83.0 Å². The number of esters is 1. The average Bonchev–Trinajstić information content (AvgIpc) is 3.09. The third-order valence-electron chi connectivity index (χ3n) is 10.2. The van der Waals surface area contributed by atoms with Crippen LogP contribution in [-0.2, 0) is 14.3 Å². The van der Waals surface area contributed by atoms with Gasteiger partial charge in [0.05, 0.1) is 12.2 Å². The Morgan fingerprint density at radius 2 is 1.93 bits per heavy atom. The summed E-state index contributed by atoms with van der Waals surface area (Å²) in [5, 5.41) is 10.2. The molecule has 5 fully saturated rings. The monoisotopic (exact) mass is 372 g/mol. The van der Waals surface area contributed by atoms with E-state index in [1.165, 1.54) is 37.7 Å². The summed E-state index contributed by atoms with van der Waals surface area (Å²) < 4.78 is 11.8. The summed E-state index contributed by atoms with van der Waals surface area (Å²) in [7, 11) is 0. The van der Waals surface area contributed by atoms with Crippen LogP contribution in [0, 0.1) is 34.5 Å². The molecule has 0 aromatic carbocycles. The van der Waals surface area contributed by atoms with Crippen LogP contribution in [-0.4, -0.2) is 35.5 Å². The first-order valence-electron chi connectivity index (χ1n) is 11.1. The van der Waals surface area contributed by atoms with Crippen molar-refractivity contribution in [2.75, 3.05) is 6.61 Å². The van der Waals surface area contributed by atoms with Crippen molar-refractivity contribution < 1.29 is 19.4 Å². The molecule has 1 spiro atoms. The van der Waals surface area contributed by atoms with Gasteiger partial charge >= 0.3 is 5.97 Å². The molecule has 6 aliphatic rings. The van der Waals surface area contributed by atoms with Crippen molar-refractivity contribution >= 4 is 5.97 Å². The number of aliphatic hydroxyl groups excluding tert-OH is 1. The van der Waals surface area contributed by atoms with E-state index in [0.29, 0.717) is 35.9 Å². The molecule has 148 valence electrons. The second kappa shape index (κ2) is 5.18. The molecule has 9 unspecified atom stereocenters. The molecule has 2 heterocycles. The lowest BCUT2D eigenvalue weighted by molar-refractivity contribution is -0.143. The molecular weight excluding hydrogens is 340 g/mol. The van der Waals surface area contributed by atoms with Crippen LogP contribution < -0.4 is 0 Å². The van der Waals surface area contributed by atoms with E-state index in [1.807, 2.05) is 0 Å². The Balaban J connectivity index is 1.34. The number of fused-ring (bicyclic) bond motifs is 3. The maximum Gasteiger partial charge on any atom is 0.331 e. The van der Waals surface area contributed by atoms with E-state index in [1.54, 1.807) is 6.08 Å². The molecule has 4 nitrogen and oxygen atoms in total. The van der Waals surface area contributed by atoms with Crippen molar-refractivity contribution in [3.63, 3.8) is 0 Å². The Bertz CT molecular complexity index is 730. The Morgan fingerprint density at radius 3 is 2.70 bits per heavy atom. The number of hydrogen-bond acceptors (Lipinski definition) is 4. The summed E-state index contributed by atoms with van der Waals surface area (Å²) >= 11 is 0. The quantitative estimate of drug-likeness (QED) is 0.564. The van der Waals surface area contributed by atoms with Crippen LogP contribution in [0.4, 0.5) is 0 Å². The molecule has 1 N–H and O–H groups in total. The van der Waals surface area contributed by atoms with Gasteiger partial charge in [0, 0.05) is 11.5 Å². The summed E-state index contributed by atoms with van der Waals surface area (Å²) in [6.07, 6.45) is 11.3. The normalized spacial score (nSPS) is 58.5. The number of epoxide rings is 1.